The van der Waals surface area contributed by atoms with Crippen LogP contribution < -0.4 is 11.3 Å². The minimum absolute atomic E-state index is 0.414. The second-order valence-electron chi connectivity index (χ2n) is 6.14. The monoisotopic (exact) mass is 246 g/mol. The van der Waals surface area contributed by atoms with Crippen LogP contribution in [0.15, 0.2) is 30.3 Å². The normalized spacial score (nSPS) is 30.1. The Morgan fingerprint density at radius 2 is 1.72 bits per heavy atom. The van der Waals surface area contributed by atoms with Crippen LogP contribution in [0.4, 0.5) is 0 Å². The lowest BCUT2D eigenvalue weighted by molar-refractivity contribution is 0.175. The second-order valence-corrected chi connectivity index (χ2v) is 6.14. The molecule has 3 unspecified atom stereocenters. The largest absolute Gasteiger partial charge is 0.271 e. The molecule has 0 amide bonds. The predicted molar refractivity (Wildman–Crippen MR) is 76.9 cm³/mol. The third-order valence-corrected chi connectivity index (χ3v) is 4.30. The van der Waals surface area contributed by atoms with Crippen molar-refractivity contribution in [2.45, 2.75) is 45.6 Å². The molecule has 3 atom stereocenters. The summed E-state index contributed by atoms with van der Waals surface area (Å²) in [5.41, 5.74) is 4.44. The Labute approximate surface area is 111 Å². The van der Waals surface area contributed by atoms with Gasteiger partial charge in [0.05, 0.1) is 0 Å². The van der Waals surface area contributed by atoms with E-state index in [4.69, 9.17) is 5.84 Å². The van der Waals surface area contributed by atoms with Crippen LogP contribution in [0.1, 0.15) is 38.7 Å². The maximum atomic E-state index is 5.79. The molecule has 0 saturated heterocycles. The Balaban J connectivity index is 2.00. The molecule has 0 heterocycles. The second kappa shape index (κ2) is 6.35. The average Bonchev–Trinajstić information content (AvgIpc) is 2.36. The van der Waals surface area contributed by atoms with Crippen LogP contribution in [0.25, 0.3) is 0 Å². The van der Waals surface area contributed by atoms with Gasteiger partial charge in [0, 0.05) is 6.04 Å². The molecule has 1 aliphatic rings. The first kappa shape index (κ1) is 13.6. The Morgan fingerprint density at radius 3 is 2.28 bits per heavy atom. The molecule has 0 bridgehead atoms. The highest BCUT2D eigenvalue weighted by molar-refractivity contribution is 5.16. The van der Waals surface area contributed by atoms with Gasteiger partial charge in [-0.25, -0.2) is 0 Å². The van der Waals surface area contributed by atoms with E-state index in [1.807, 2.05) is 0 Å². The third-order valence-electron chi connectivity index (χ3n) is 4.30. The van der Waals surface area contributed by atoms with Crippen molar-refractivity contribution in [2.75, 3.05) is 0 Å². The molecular weight excluding hydrogens is 220 g/mol. The first-order valence-electron chi connectivity index (χ1n) is 7.19. The molecule has 1 aliphatic carbocycles. The molecule has 100 valence electrons. The molecule has 1 saturated carbocycles. The zero-order valence-corrected chi connectivity index (χ0v) is 11.6. The van der Waals surface area contributed by atoms with Gasteiger partial charge in [0.25, 0.3) is 0 Å². The standard InChI is InChI=1S/C16H26N2/c1-12-8-13(2)10-15(9-12)16(18-17)11-14-6-4-3-5-7-14/h3-7,12-13,15-16,18H,8-11,17H2,1-2H3. The maximum absolute atomic E-state index is 5.79. The predicted octanol–water partition coefficient (Wildman–Crippen LogP) is 3.13. The van der Waals surface area contributed by atoms with Gasteiger partial charge in [-0.3, -0.25) is 11.3 Å². The third kappa shape index (κ3) is 3.56. The van der Waals surface area contributed by atoms with Crippen LogP contribution in [0.2, 0.25) is 0 Å². The fraction of sp³-hybridized carbons (Fsp3) is 0.625. The summed E-state index contributed by atoms with van der Waals surface area (Å²) in [6.45, 7) is 4.75. The van der Waals surface area contributed by atoms with Crippen molar-refractivity contribution < 1.29 is 0 Å². The molecule has 1 aromatic carbocycles. The van der Waals surface area contributed by atoms with E-state index in [-0.39, 0.29) is 0 Å². The highest BCUT2D eigenvalue weighted by Gasteiger charge is 2.29. The minimum atomic E-state index is 0.414. The zero-order chi connectivity index (χ0) is 13.0. The SMILES string of the molecule is CC1CC(C)CC(C(Cc2ccccc2)NN)C1. The number of hydrogen-bond acceptors (Lipinski definition) is 2. The van der Waals surface area contributed by atoms with Crippen LogP contribution >= 0.6 is 0 Å². The van der Waals surface area contributed by atoms with E-state index >= 15 is 0 Å². The van der Waals surface area contributed by atoms with E-state index in [2.05, 4.69) is 49.6 Å². The quantitative estimate of drug-likeness (QED) is 0.633. The summed E-state index contributed by atoms with van der Waals surface area (Å²) in [7, 11) is 0. The highest BCUT2D eigenvalue weighted by atomic mass is 15.2. The van der Waals surface area contributed by atoms with Gasteiger partial charge >= 0.3 is 0 Å². The number of hydrogen-bond donors (Lipinski definition) is 2. The summed E-state index contributed by atoms with van der Waals surface area (Å²) < 4.78 is 0. The fourth-order valence-electron chi connectivity index (χ4n) is 3.57. The lowest BCUT2D eigenvalue weighted by Gasteiger charge is -2.36. The van der Waals surface area contributed by atoms with Crippen molar-refractivity contribution >= 4 is 0 Å². The molecule has 3 N–H and O–H groups in total. The minimum Gasteiger partial charge on any atom is -0.271 e. The first-order valence-corrected chi connectivity index (χ1v) is 7.19. The number of nitrogens with one attached hydrogen (secondary N) is 1. The molecule has 0 aromatic heterocycles. The Kier molecular flexibility index (Phi) is 4.79. The summed E-state index contributed by atoms with van der Waals surface area (Å²) in [4.78, 5) is 0. The molecule has 2 rings (SSSR count). The average molecular weight is 246 g/mol. The fourth-order valence-corrected chi connectivity index (χ4v) is 3.57. The van der Waals surface area contributed by atoms with Gasteiger partial charge in [0.1, 0.15) is 0 Å². The van der Waals surface area contributed by atoms with Crippen molar-refractivity contribution in [1.82, 2.24) is 5.43 Å². The lowest BCUT2D eigenvalue weighted by Crippen LogP contribution is -2.44. The Morgan fingerprint density at radius 1 is 1.11 bits per heavy atom. The van der Waals surface area contributed by atoms with Crippen molar-refractivity contribution in [2.24, 2.45) is 23.6 Å². The van der Waals surface area contributed by atoms with Gasteiger partial charge < -0.3 is 0 Å². The van der Waals surface area contributed by atoms with Gasteiger partial charge in [-0.05, 0) is 49.0 Å². The molecule has 0 aliphatic heterocycles. The Hall–Kier alpha value is -0.860. The Bertz CT molecular complexity index is 339. The van der Waals surface area contributed by atoms with Crippen LogP contribution in [0.3, 0.4) is 0 Å². The molecule has 18 heavy (non-hydrogen) atoms. The van der Waals surface area contributed by atoms with Gasteiger partial charge in [0.2, 0.25) is 0 Å². The summed E-state index contributed by atoms with van der Waals surface area (Å²) in [5.74, 6) is 8.19. The van der Waals surface area contributed by atoms with E-state index in [9.17, 15) is 0 Å². The van der Waals surface area contributed by atoms with Crippen LogP contribution in [-0.4, -0.2) is 6.04 Å². The van der Waals surface area contributed by atoms with Crippen LogP contribution in [0.5, 0.6) is 0 Å². The number of benzene rings is 1. The van der Waals surface area contributed by atoms with Gasteiger partial charge in [-0.2, -0.15) is 0 Å². The van der Waals surface area contributed by atoms with E-state index in [0.29, 0.717) is 12.0 Å². The first-order chi connectivity index (χ1) is 8.69. The molecule has 0 spiro atoms. The van der Waals surface area contributed by atoms with E-state index in [0.717, 1.165) is 18.3 Å². The van der Waals surface area contributed by atoms with Crippen molar-refractivity contribution in [3.8, 4) is 0 Å². The molecular formula is C16H26N2. The highest BCUT2D eigenvalue weighted by Crippen LogP contribution is 2.35. The van der Waals surface area contributed by atoms with Gasteiger partial charge in [-0.1, -0.05) is 44.2 Å². The van der Waals surface area contributed by atoms with Crippen molar-refractivity contribution in [1.29, 1.82) is 0 Å². The molecule has 1 aromatic rings. The molecule has 2 nitrogen and oxygen atoms in total. The summed E-state index contributed by atoms with van der Waals surface area (Å²) in [6, 6.07) is 11.1. The molecule has 0 radical (unpaired) electrons. The summed E-state index contributed by atoms with van der Waals surface area (Å²) in [5, 5.41) is 0. The number of rotatable bonds is 4. The maximum Gasteiger partial charge on any atom is 0.0279 e. The summed E-state index contributed by atoms with van der Waals surface area (Å²) >= 11 is 0. The van der Waals surface area contributed by atoms with Crippen molar-refractivity contribution in [3.05, 3.63) is 35.9 Å². The zero-order valence-electron chi connectivity index (χ0n) is 11.6. The van der Waals surface area contributed by atoms with E-state index < -0.39 is 0 Å². The molecule has 2 heteroatoms. The van der Waals surface area contributed by atoms with Gasteiger partial charge in [-0.15, -0.1) is 0 Å². The van der Waals surface area contributed by atoms with Gasteiger partial charge in [0.15, 0.2) is 0 Å². The van der Waals surface area contributed by atoms with Crippen molar-refractivity contribution in [3.63, 3.8) is 0 Å². The van der Waals surface area contributed by atoms with E-state index in [1.54, 1.807) is 0 Å². The van der Waals surface area contributed by atoms with Crippen LogP contribution in [0, 0.1) is 17.8 Å². The molecule has 1 fully saturated rings. The smallest absolute Gasteiger partial charge is 0.0279 e. The topological polar surface area (TPSA) is 38.0 Å². The number of hydrazine groups is 1. The number of nitrogens with two attached hydrogens (primary N) is 1. The lowest BCUT2D eigenvalue weighted by atomic mass is 9.73. The van der Waals surface area contributed by atoms with Crippen LogP contribution in [-0.2, 0) is 6.42 Å². The van der Waals surface area contributed by atoms with E-state index in [1.165, 1.54) is 24.8 Å². The summed E-state index contributed by atoms with van der Waals surface area (Å²) in [6.07, 6.45) is 5.04.